The molecule has 0 aromatic carbocycles. The first kappa shape index (κ1) is 11.6. The molecule has 1 saturated heterocycles. The van der Waals surface area contributed by atoms with Crippen LogP contribution < -0.4 is 5.32 Å². The van der Waals surface area contributed by atoms with Crippen molar-refractivity contribution < 1.29 is 9.90 Å². The summed E-state index contributed by atoms with van der Waals surface area (Å²) in [4.78, 5) is 14.2. The Morgan fingerprint density at radius 1 is 1.75 bits per heavy atom. The predicted octanol–water partition coefficient (Wildman–Crippen LogP) is 0.602. The van der Waals surface area contributed by atoms with E-state index in [-0.39, 0.29) is 11.9 Å². The van der Waals surface area contributed by atoms with Gasteiger partial charge >= 0.3 is 0 Å². The summed E-state index contributed by atoms with van der Waals surface area (Å²) in [5.41, 5.74) is 0. The Labute approximate surface area is 98.9 Å². The molecule has 1 amide bonds. The van der Waals surface area contributed by atoms with Crippen molar-refractivity contribution in [3.8, 4) is 0 Å². The molecule has 2 heterocycles. The van der Waals surface area contributed by atoms with E-state index in [1.165, 1.54) is 11.3 Å². The van der Waals surface area contributed by atoms with Gasteiger partial charge in [0.15, 0.2) is 0 Å². The van der Waals surface area contributed by atoms with Gasteiger partial charge < -0.3 is 15.3 Å². The van der Waals surface area contributed by atoms with Crippen molar-refractivity contribution in [1.29, 1.82) is 0 Å². The number of aliphatic hydroxyl groups is 1. The van der Waals surface area contributed by atoms with Crippen LogP contribution in [-0.2, 0) is 4.79 Å². The lowest BCUT2D eigenvalue weighted by atomic mass is 10.2. The normalized spacial score (nSPS) is 22.8. The van der Waals surface area contributed by atoms with Crippen LogP contribution in [0.4, 0.5) is 0 Å². The van der Waals surface area contributed by atoms with Gasteiger partial charge in [0.25, 0.3) is 0 Å². The quantitative estimate of drug-likeness (QED) is 0.810. The van der Waals surface area contributed by atoms with Crippen molar-refractivity contribution in [3.05, 3.63) is 22.4 Å². The van der Waals surface area contributed by atoms with Crippen LogP contribution in [-0.4, -0.2) is 42.1 Å². The lowest BCUT2D eigenvalue weighted by Gasteiger charge is -2.14. The molecule has 1 fully saturated rings. The maximum atomic E-state index is 11.6. The van der Waals surface area contributed by atoms with Gasteiger partial charge in [-0.3, -0.25) is 4.79 Å². The topological polar surface area (TPSA) is 52.6 Å². The molecule has 1 aromatic rings. The van der Waals surface area contributed by atoms with E-state index in [9.17, 15) is 9.90 Å². The molecule has 1 aliphatic heterocycles. The third-order valence-corrected chi connectivity index (χ3v) is 3.83. The Morgan fingerprint density at radius 2 is 2.56 bits per heavy atom. The SMILES string of the molecule is CN1CCC(NCC(O)c2cccs2)C1=O. The molecule has 2 atom stereocenters. The Bertz CT molecular complexity index is 353. The molecule has 5 heteroatoms. The minimum atomic E-state index is -0.515. The lowest BCUT2D eigenvalue weighted by Crippen LogP contribution is -2.38. The summed E-state index contributed by atoms with van der Waals surface area (Å²) in [6.45, 7) is 1.23. The number of carbonyl (C=O) groups is 1. The van der Waals surface area contributed by atoms with E-state index >= 15 is 0 Å². The molecule has 0 bridgehead atoms. The number of aliphatic hydroxyl groups excluding tert-OH is 1. The van der Waals surface area contributed by atoms with E-state index in [1.54, 1.807) is 11.9 Å². The van der Waals surface area contributed by atoms with Crippen LogP contribution in [0.3, 0.4) is 0 Å². The minimum absolute atomic E-state index is 0.123. The van der Waals surface area contributed by atoms with Gasteiger partial charge in [-0.2, -0.15) is 0 Å². The first-order chi connectivity index (χ1) is 7.68. The summed E-state index contributed by atoms with van der Waals surface area (Å²) in [6, 6.07) is 3.69. The maximum absolute atomic E-state index is 11.6. The van der Waals surface area contributed by atoms with Crippen molar-refractivity contribution in [2.45, 2.75) is 18.6 Å². The van der Waals surface area contributed by atoms with Gasteiger partial charge in [-0.15, -0.1) is 11.3 Å². The summed E-state index contributed by atoms with van der Waals surface area (Å²) >= 11 is 1.53. The molecule has 16 heavy (non-hydrogen) atoms. The molecule has 0 spiro atoms. The Kier molecular flexibility index (Phi) is 3.58. The molecule has 0 radical (unpaired) electrons. The van der Waals surface area contributed by atoms with Crippen LogP contribution in [0, 0.1) is 0 Å². The fraction of sp³-hybridized carbons (Fsp3) is 0.545. The fourth-order valence-electron chi connectivity index (χ4n) is 1.85. The number of amides is 1. The molecule has 4 nitrogen and oxygen atoms in total. The zero-order valence-corrected chi connectivity index (χ0v) is 10.0. The zero-order chi connectivity index (χ0) is 11.5. The predicted molar refractivity (Wildman–Crippen MR) is 63.3 cm³/mol. The average Bonchev–Trinajstić information content (AvgIpc) is 2.89. The van der Waals surface area contributed by atoms with Crippen LogP contribution >= 0.6 is 11.3 Å². The van der Waals surface area contributed by atoms with Gasteiger partial charge in [0.2, 0.25) is 5.91 Å². The van der Waals surface area contributed by atoms with E-state index in [0.29, 0.717) is 6.54 Å². The average molecular weight is 240 g/mol. The van der Waals surface area contributed by atoms with E-state index in [1.807, 2.05) is 17.5 Å². The van der Waals surface area contributed by atoms with E-state index in [2.05, 4.69) is 5.32 Å². The third kappa shape index (κ3) is 2.42. The number of hydrogen-bond acceptors (Lipinski definition) is 4. The highest BCUT2D eigenvalue weighted by atomic mass is 32.1. The van der Waals surface area contributed by atoms with Crippen molar-refractivity contribution in [2.75, 3.05) is 20.1 Å². The van der Waals surface area contributed by atoms with Crippen LogP contribution in [0.5, 0.6) is 0 Å². The Balaban J connectivity index is 1.82. The Morgan fingerprint density at radius 3 is 3.12 bits per heavy atom. The van der Waals surface area contributed by atoms with Crippen molar-refractivity contribution in [3.63, 3.8) is 0 Å². The number of thiophene rings is 1. The van der Waals surface area contributed by atoms with Crippen LogP contribution in [0.1, 0.15) is 17.4 Å². The number of nitrogens with one attached hydrogen (secondary N) is 1. The largest absolute Gasteiger partial charge is 0.386 e. The summed E-state index contributed by atoms with van der Waals surface area (Å²) in [5, 5.41) is 14.9. The second-order valence-electron chi connectivity index (χ2n) is 4.04. The summed E-state index contributed by atoms with van der Waals surface area (Å²) in [7, 11) is 1.81. The van der Waals surface area contributed by atoms with Crippen LogP contribution in [0.2, 0.25) is 0 Å². The molecule has 2 N–H and O–H groups in total. The van der Waals surface area contributed by atoms with E-state index in [0.717, 1.165) is 17.8 Å². The number of likely N-dealkylation sites (N-methyl/N-ethyl adjacent to an activating group) is 1. The molecule has 2 rings (SSSR count). The number of hydrogen-bond donors (Lipinski definition) is 2. The number of carbonyl (C=O) groups excluding carboxylic acids is 1. The second kappa shape index (κ2) is 4.95. The lowest BCUT2D eigenvalue weighted by molar-refractivity contribution is -0.128. The van der Waals surface area contributed by atoms with Gasteiger partial charge in [-0.25, -0.2) is 0 Å². The summed E-state index contributed by atoms with van der Waals surface area (Å²) in [5.74, 6) is 0.123. The zero-order valence-electron chi connectivity index (χ0n) is 9.22. The third-order valence-electron chi connectivity index (χ3n) is 2.86. The van der Waals surface area contributed by atoms with Crippen LogP contribution in [0.25, 0.3) is 0 Å². The fourth-order valence-corrected chi connectivity index (χ4v) is 2.56. The monoisotopic (exact) mass is 240 g/mol. The van der Waals surface area contributed by atoms with E-state index in [4.69, 9.17) is 0 Å². The molecule has 1 aromatic heterocycles. The van der Waals surface area contributed by atoms with Crippen molar-refractivity contribution in [1.82, 2.24) is 10.2 Å². The summed E-state index contributed by atoms with van der Waals surface area (Å²) in [6.07, 6.45) is 0.311. The summed E-state index contributed by atoms with van der Waals surface area (Å²) < 4.78 is 0. The highest BCUT2D eigenvalue weighted by molar-refractivity contribution is 7.10. The molecule has 1 aliphatic rings. The molecular formula is C11H16N2O2S. The minimum Gasteiger partial charge on any atom is -0.386 e. The van der Waals surface area contributed by atoms with Gasteiger partial charge in [-0.1, -0.05) is 6.07 Å². The first-order valence-electron chi connectivity index (χ1n) is 5.38. The number of nitrogens with zero attached hydrogens (tertiary/aromatic N) is 1. The van der Waals surface area contributed by atoms with Gasteiger partial charge in [-0.05, 0) is 17.9 Å². The van der Waals surface area contributed by atoms with Crippen LogP contribution in [0.15, 0.2) is 17.5 Å². The highest BCUT2D eigenvalue weighted by Gasteiger charge is 2.28. The molecule has 0 saturated carbocycles. The molecule has 88 valence electrons. The molecular weight excluding hydrogens is 224 g/mol. The highest BCUT2D eigenvalue weighted by Crippen LogP contribution is 2.18. The second-order valence-corrected chi connectivity index (χ2v) is 5.02. The van der Waals surface area contributed by atoms with Gasteiger partial charge in [0.05, 0.1) is 6.04 Å². The Hall–Kier alpha value is -0.910. The smallest absolute Gasteiger partial charge is 0.239 e. The van der Waals surface area contributed by atoms with Gasteiger partial charge in [0, 0.05) is 25.0 Å². The number of likely N-dealkylation sites (tertiary alicyclic amines) is 1. The van der Waals surface area contributed by atoms with Crippen molar-refractivity contribution >= 4 is 17.2 Å². The first-order valence-corrected chi connectivity index (χ1v) is 6.26. The van der Waals surface area contributed by atoms with E-state index < -0.39 is 6.10 Å². The standard InChI is InChI=1S/C11H16N2O2S/c1-13-5-4-8(11(13)15)12-7-9(14)10-3-2-6-16-10/h2-3,6,8-9,12,14H,4-5,7H2,1H3. The van der Waals surface area contributed by atoms with Gasteiger partial charge in [0.1, 0.15) is 6.10 Å². The number of rotatable bonds is 4. The maximum Gasteiger partial charge on any atom is 0.239 e. The molecule has 2 unspecified atom stereocenters. The van der Waals surface area contributed by atoms with Crippen molar-refractivity contribution in [2.24, 2.45) is 0 Å². The molecule has 0 aliphatic carbocycles.